The Morgan fingerprint density at radius 2 is 1.77 bits per heavy atom. The van der Waals surface area contributed by atoms with Crippen molar-refractivity contribution in [1.82, 2.24) is 15.2 Å². The van der Waals surface area contributed by atoms with Crippen LogP contribution in [0.3, 0.4) is 0 Å². The van der Waals surface area contributed by atoms with Crippen LogP contribution in [0.4, 0.5) is 0 Å². The number of methoxy groups -OCH3 is 1. The van der Waals surface area contributed by atoms with Gasteiger partial charge in [-0.3, -0.25) is 9.69 Å². The highest BCUT2D eigenvalue weighted by atomic mass is 79.9. The van der Waals surface area contributed by atoms with Crippen LogP contribution in [0.1, 0.15) is 40.0 Å². The van der Waals surface area contributed by atoms with Gasteiger partial charge in [-0.05, 0) is 85.8 Å². The number of aromatic nitrogens is 1. The maximum atomic E-state index is 14.0. The topological polar surface area (TPSA) is 91.5 Å². The third-order valence-electron chi connectivity index (χ3n) is 7.18. The minimum Gasteiger partial charge on any atom is -0.497 e. The highest BCUT2D eigenvalue weighted by Gasteiger charge is 2.31. The summed E-state index contributed by atoms with van der Waals surface area (Å²) in [7, 11) is -2.32. The number of benzene rings is 3. The van der Waals surface area contributed by atoms with E-state index in [0.29, 0.717) is 10.9 Å². The number of amides is 1. The van der Waals surface area contributed by atoms with Crippen LogP contribution in [0.25, 0.3) is 10.9 Å². The van der Waals surface area contributed by atoms with E-state index in [1.54, 1.807) is 31.4 Å². The number of nitrogens with one attached hydrogen (secondary N) is 2. The molecular weight excluding hydrogens is 578 g/mol. The molecule has 9 heteroatoms. The average Bonchev–Trinajstić information content (AvgIpc) is 3.29. The molecule has 2 N–H and O–H groups in total. The molecule has 1 amide bonds. The lowest BCUT2D eigenvalue weighted by Gasteiger charge is -2.32. The fourth-order valence-corrected chi connectivity index (χ4v) is 7.46. The summed E-state index contributed by atoms with van der Waals surface area (Å²) in [6.45, 7) is 6.20. The normalized spacial score (nSPS) is 15.0. The van der Waals surface area contributed by atoms with Crippen LogP contribution in [0.2, 0.25) is 0 Å². The molecule has 0 spiro atoms. The number of halogens is 1. The zero-order chi connectivity index (χ0) is 27.7. The molecule has 1 saturated heterocycles. The van der Waals surface area contributed by atoms with E-state index < -0.39 is 15.7 Å². The van der Waals surface area contributed by atoms with Crippen LogP contribution in [-0.4, -0.2) is 50.5 Å². The molecule has 0 unspecified atom stereocenters. The summed E-state index contributed by atoms with van der Waals surface area (Å²) in [5, 5.41) is 3.59. The molecule has 7 nitrogen and oxygen atoms in total. The van der Waals surface area contributed by atoms with E-state index in [1.807, 2.05) is 44.2 Å². The number of ether oxygens (including phenoxy) is 1. The average molecular weight is 611 g/mol. The molecule has 1 aliphatic heterocycles. The molecule has 0 radical (unpaired) electrons. The van der Waals surface area contributed by atoms with Gasteiger partial charge in [-0.25, -0.2) is 8.42 Å². The number of H-pyrrole nitrogens is 1. The number of fused-ring (bicyclic) bond motifs is 1. The van der Waals surface area contributed by atoms with Crippen molar-refractivity contribution in [2.45, 2.75) is 49.1 Å². The van der Waals surface area contributed by atoms with Crippen molar-refractivity contribution >= 4 is 42.6 Å². The Balaban J connectivity index is 1.38. The van der Waals surface area contributed by atoms with E-state index in [-0.39, 0.29) is 21.5 Å². The number of carbonyl (C=O) groups is 1. The summed E-state index contributed by atoms with van der Waals surface area (Å²) < 4.78 is 34.0. The van der Waals surface area contributed by atoms with Gasteiger partial charge in [-0.1, -0.05) is 34.1 Å². The smallest absolute Gasteiger partial charge is 0.269 e. The summed E-state index contributed by atoms with van der Waals surface area (Å²) in [6.07, 6.45) is 1.56. The van der Waals surface area contributed by atoms with Crippen molar-refractivity contribution in [2.75, 3.05) is 20.2 Å². The number of carbonyl (C=O) groups excluding carboxylic acids is 1. The van der Waals surface area contributed by atoms with Gasteiger partial charge in [0.1, 0.15) is 16.3 Å². The van der Waals surface area contributed by atoms with Gasteiger partial charge in [-0.2, -0.15) is 0 Å². The van der Waals surface area contributed by atoms with Crippen molar-refractivity contribution in [3.05, 3.63) is 87.5 Å². The van der Waals surface area contributed by atoms with Gasteiger partial charge in [-0.15, -0.1) is 0 Å². The second-order valence-corrected chi connectivity index (χ2v) is 13.0. The fourth-order valence-electron chi connectivity index (χ4n) is 5.31. The van der Waals surface area contributed by atoms with Crippen LogP contribution in [0.5, 0.6) is 5.75 Å². The van der Waals surface area contributed by atoms with Gasteiger partial charge in [0.05, 0.1) is 12.0 Å². The number of hydrogen-bond acceptors (Lipinski definition) is 5. The van der Waals surface area contributed by atoms with Gasteiger partial charge in [0.25, 0.3) is 5.91 Å². The van der Waals surface area contributed by atoms with E-state index in [0.717, 1.165) is 53.8 Å². The molecule has 0 atom stereocenters. The number of aryl methyl sites for hydroxylation is 2. The molecule has 2 heterocycles. The van der Waals surface area contributed by atoms with E-state index in [2.05, 4.69) is 37.2 Å². The summed E-state index contributed by atoms with van der Waals surface area (Å²) >= 11 is 3.46. The van der Waals surface area contributed by atoms with E-state index in [1.165, 1.54) is 5.56 Å². The second-order valence-electron chi connectivity index (χ2n) is 10.2. The fraction of sp³-hybridized carbons (Fsp3) is 0.300. The van der Waals surface area contributed by atoms with Crippen molar-refractivity contribution in [3.63, 3.8) is 0 Å². The molecule has 1 aliphatic rings. The number of aromatic amines is 1. The Labute approximate surface area is 237 Å². The second kappa shape index (κ2) is 11.2. The first kappa shape index (κ1) is 27.4. The molecule has 0 bridgehead atoms. The quantitative estimate of drug-likeness (QED) is 0.277. The number of nitrogens with zero attached hydrogens (tertiary/aromatic N) is 1. The van der Waals surface area contributed by atoms with Crippen LogP contribution in [0, 0.1) is 13.8 Å². The number of rotatable bonds is 7. The predicted molar refractivity (Wildman–Crippen MR) is 156 cm³/mol. The lowest BCUT2D eigenvalue weighted by molar-refractivity contribution is 0.0901. The Hall–Kier alpha value is -3.14. The van der Waals surface area contributed by atoms with Gasteiger partial charge in [0, 0.05) is 41.1 Å². The number of likely N-dealkylation sites (tertiary alicyclic amines) is 1. The third-order valence-corrected chi connectivity index (χ3v) is 9.49. The number of piperidine rings is 1. The maximum absolute atomic E-state index is 14.0. The van der Waals surface area contributed by atoms with Gasteiger partial charge < -0.3 is 15.0 Å². The molecule has 1 fully saturated rings. The van der Waals surface area contributed by atoms with Gasteiger partial charge >= 0.3 is 0 Å². The molecule has 39 heavy (non-hydrogen) atoms. The Morgan fingerprint density at radius 1 is 1.05 bits per heavy atom. The highest BCUT2D eigenvalue weighted by Crippen LogP contribution is 2.34. The molecule has 204 valence electrons. The summed E-state index contributed by atoms with van der Waals surface area (Å²) in [6, 6.07) is 18.6. The maximum Gasteiger partial charge on any atom is 0.269 e. The van der Waals surface area contributed by atoms with Gasteiger partial charge in [0.15, 0.2) is 0 Å². The Kier molecular flexibility index (Phi) is 7.84. The van der Waals surface area contributed by atoms with Gasteiger partial charge in [0.2, 0.25) is 9.84 Å². The lowest BCUT2D eigenvalue weighted by atomic mass is 10.0. The minimum absolute atomic E-state index is 0.0109. The van der Waals surface area contributed by atoms with E-state index >= 15 is 0 Å². The SMILES string of the molecule is COc1cccc(CN2CCC(NC(=O)c3[nH]c4ccc(Br)cc4c3S(=O)(=O)c3cc(C)cc(C)c3)CC2)c1. The first-order chi connectivity index (χ1) is 18.6. The zero-order valence-electron chi connectivity index (χ0n) is 22.3. The molecule has 4 aromatic rings. The first-order valence-electron chi connectivity index (χ1n) is 12.9. The minimum atomic E-state index is -3.98. The largest absolute Gasteiger partial charge is 0.497 e. The van der Waals surface area contributed by atoms with Crippen LogP contribution < -0.4 is 10.1 Å². The van der Waals surface area contributed by atoms with Crippen LogP contribution in [0.15, 0.2) is 74.9 Å². The predicted octanol–water partition coefficient (Wildman–Crippen LogP) is 5.78. The Morgan fingerprint density at radius 3 is 2.46 bits per heavy atom. The van der Waals surface area contributed by atoms with Crippen molar-refractivity contribution in [1.29, 1.82) is 0 Å². The highest BCUT2D eigenvalue weighted by molar-refractivity contribution is 9.10. The summed E-state index contributed by atoms with van der Waals surface area (Å²) in [5.74, 6) is 0.433. The standard InChI is InChI=1S/C30H32BrN3O4S/c1-19-13-20(2)15-25(14-19)39(36,37)29-26-17-22(31)7-8-27(26)33-28(29)30(35)32-23-9-11-34(12-10-23)18-21-5-4-6-24(16-21)38-3/h4-8,13-17,23,33H,9-12,18H2,1-3H3,(H,32,35). The van der Waals surface area contributed by atoms with Crippen molar-refractivity contribution < 1.29 is 17.9 Å². The van der Waals surface area contributed by atoms with E-state index in [9.17, 15) is 13.2 Å². The zero-order valence-corrected chi connectivity index (χ0v) is 24.7. The van der Waals surface area contributed by atoms with Crippen molar-refractivity contribution in [3.8, 4) is 5.75 Å². The number of sulfone groups is 1. The van der Waals surface area contributed by atoms with Crippen molar-refractivity contribution in [2.24, 2.45) is 0 Å². The van der Waals surface area contributed by atoms with Crippen LogP contribution in [-0.2, 0) is 16.4 Å². The monoisotopic (exact) mass is 609 g/mol. The molecule has 5 rings (SSSR count). The molecular formula is C30H32BrN3O4S. The van der Waals surface area contributed by atoms with Crippen LogP contribution >= 0.6 is 15.9 Å². The Bertz CT molecular complexity index is 1620. The number of hydrogen-bond donors (Lipinski definition) is 2. The first-order valence-corrected chi connectivity index (χ1v) is 15.2. The third kappa shape index (κ3) is 5.90. The molecule has 1 aromatic heterocycles. The molecule has 0 saturated carbocycles. The summed E-state index contributed by atoms with van der Waals surface area (Å²) in [5.41, 5.74) is 3.55. The summed E-state index contributed by atoms with van der Waals surface area (Å²) in [4.78, 5) is 19.2. The molecule has 0 aliphatic carbocycles. The molecule has 3 aromatic carbocycles. The lowest BCUT2D eigenvalue weighted by Crippen LogP contribution is -2.44. The van der Waals surface area contributed by atoms with E-state index in [4.69, 9.17) is 4.74 Å².